The van der Waals surface area contributed by atoms with E-state index in [0.717, 1.165) is 22.2 Å². The molecular weight excluding hydrogens is 343 g/mol. The van der Waals surface area contributed by atoms with Crippen LogP contribution in [-0.2, 0) is 0 Å². The van der Waals surface area contributed by atoms with Gasteiger partial charge in [-0.25, -0.2) is 0 Å². The number of amides is 1. The quantitative estimate of drug-likeness (QED) is 0.668. The summed E-state index contributed by atoms with van der Waals surface area (Å²) in [7, 11) is 0. The Balaban J connectivity index is 2.26. The maximum Gasteiger partial charge on any atom is 0.304 e. The lowest BCUT2D eigenvalue weighted by atomic mass is 10.1. The van der Waals surface area contributed by atoms with Crippen molar-refractivity contribution in [3.63, 3.8) is 0 Å². The minimum absolute atomic E-state index is 0.0116. The summed E-state index contributed by atoms with van der Waals surface area (Å²) in [4.78, 5) is 21.7. The molecule has 0 radical (unpaired) electrons. The minimum Gasteiger partial charge on any atom is -0.322 e. The summed E-state index contributed by atoms with van der Waals surface area (Å²) >= 11 is 3.29. The van der Waals surface area contributed by atoms with E-state index in [9.17, 15) is 19.3 Å². The molecule has 1 N–H and O–H groups in total. The normalized spacial score (nSPS) is 10.2. The van der Waals surface area contributed by atoms with E-state index in [1.807, 2.05) is 19.1 Å². The maximum atomic E-state index is 13.5. The van der Waals surface area contributed by atoms with Gasteiger partial charge < -0.3 is 5.32 Å². The van der Waals surface area contributed by atoms with E-state index in [-0.39, 0.29) is 5.56 Å². The van der Waals surface area contributed by atoms with Gasteiger partial charge in [-0.3, -0.25) is 14.9 Å². The predicted octanol–water partition coefficient (Wildman–Crippen LogP) is 4.06. The fourth-order valence-corrected chi connectivity index (χ4v) is 2.08. The number of hydrogen-bond donors (Lipinski definition) is 1. The zero-order valence-corrected chi connectivity index (χ0v) is 12.5. The Kier molecular flexibility index (Phi) is 4.32. The van der Waals surface area contributed by atoms with Gasteiger partial charge in [0.2, 0.25) is 5.82 Å². The fraction of sp³-hybridized carbons (Fsp3) is 0.0714. The number of nitrogens with zero attached hydrogens (tertiary/aromatic N) is 1. The molecule has 21 heavy (non-hydrogen) atoms. The number of benzene rings is 2. The molecule has 2 rings (SSSR count). The molecule has 0 aliphatic rings. The number of carbonyl (C=O) groups is 1. The van der Waals surface area contributed by atoms with E-state index >= 15 is 0 Å². The number of hydrogen-bond acceptors (Lipinski definition) is 3. The maximum absolute atomic E-state index is 13.5. The van der Waals surface area contributed by atoms with Crippen molar-refractivity contribution < 1.29 is 14.1 Å². The van der Waals surface area contributed by atoms with Crippen LogP contribution >= 0.6 is 15.9 Å². The molecule has 0 aromatic heterocycles. The average Bonchev–Trinajstić information content (AvgIpc) is 2.42. The van der Waals surface area contributed by atoms with Gasteiger partial charge >= 0.3 is 5.69 Å². The molecule has 0 fully saturated rings. The number of rotatable bonds is 3. The molecule has 0 saturated heterocycles. The summed E-state index contributed by atoms with van der Waals surface area (Å²) in [5.41, 5.74) is 0.768. The molecule has 2 aromatic carbocycles. The average molecular weight is 353 g/mol. The topological polar surface area (TPSA) is 72.2 Å². The largest absolute Gasteiger partial charge is 0.322 e. The van der Waals surface area contributed by atoms with Crippen molar-refractivity contribution in [3.05, 3.63) is 67.9 Å². The van der Waals surface area contributed by atoms with Crippen molar-refractivity contribution in [2.75, 3.05) is 5.32 Å². The molecule has 7 heteroatoms. The highest BCUT2D eigenvalue weighted by Crippen LogP contribution is 2.22. The van der Waals surface area contributed by atoms with E-state index in [2.05, 4.69) is 21.2 Å². The third-order valence-electron chi connectivity index (χ3n) is 2.85. The van der Waals surface area contributed by atoms with Crippen LogP contribution < -0.4 is 5.32 Å². The molecular formula is C14H10BrFN2O3. The highest BCUT2D eigenvalue weighted by atomic mass is 79.9. The molecule has 0 spiro atoms. The zero-order valence-electron chi connectivity index (χ0n) is 10.9. The summed E-state index contributed by atoms with van der Waals surface area (Å²) in [5.74, 6) is -1.58. The highest BCUT2D eigenvalue weighted by Gasteiger charge is 2.17. The minimum atomic E-state index is -1.04. The number of nitro groups is 1. The zero-order chi connectivity index (χ0) is 15.6. The monoisotopic (exact) mass is 352 g/mol. The molecule has 0 saturated carbocycles. The van der Waals surface area contributed by atoms with Gasteiger partial charge in [0.1, 0.15) is 0 Å². The predicted molar refractivity (Wildman–Crippen MR) is 79.9 cm³/mol. The second-order valence-electron chi connectivity index (χ2n) is 4.34. The van der Waals surface area contributed by atoms with Crippen molar-refractivity contribution >= 4 is 33.2 Å². The van der Waals surface area contributed by atoms with Crippen LogP contribution in [0.1, 0.15) is 15.9 Å². The molecule has 2 aromatic rings. The van der Waals surface area contributed by atoms with Gasteiger partial charge in [-0.05, 0) is 36.8 Å². The standard InChI is InChI=1S/C14H10BrFN2O3/c1-8-2-4-10(15)7-12(8)17-14(19)9-3-5-13(18(20)21)11(16)6-9/h2-7H,1H3,(H,17,19). The van der Waals surface area contributed by atoms with E-state index in [4.69, 9.17) is 0 Å². The van der Waals surface area contributed by atoms with Gasteiger partial charge in [0.05, 0.1) is 4.92 Å². The Morgan fingerprint density at radius 2 is 2.00 bits per heavy atom. The fourth-order valence-electron chi connectivity index (χ4n) is 1.72. The van der Waals surface area contributed by atoms with Crippen LogP contribution in [0.2, 0.25) is 0 Å². The van der Waals surface area contributed by atoms with Gasteiger partial charge in [0.25, 0.3) is 5.91 Å². The Labute approximate surface area is 128 Å². The number of carbonyl (C=O) groups excluding carboxylic acids is 1. The van der Waals surface area contributed by atoms with E-state index in [1.165, 1.54) is 6.07 Å². The molecule has 108 valence electrons. The summed E-state index contributed by atoms with van der Waals surface area (Å²) in [6.45, 7) is 1.82. The van der Waals surface area contributed by atoms with Gasteiger partial charge in [0, 0.05) is 21.8 Å². The van der Waals surface area contributed by atoms with Gasteiger partial charge in [-0.2, -0.15) is 4.39 Å². The second-order valence-corrected chi connectivity index (χ2v) is 5.25. The van der Waals surface area contributed by atoms with Crippen molar-refractivity contribution in [3.8, 4) is 0 Å². The third-order valence-corrected chi connectivity index (χ3v) is 3.35. The number of aryl methyl sites for hydroxylation is 1. The van der Waals surface area contributed by atoms with Crippen LogP contribution in [0, 0.1) is 22.9 Å². The van der Waals surface area contributed by atoms with Crippen LogP contribution in [0.4, 0.5) is 15.8 Å². The SMILES string of the molecule is Cc1ccc(Br)cc1NC(=O)c1ccc([N+](=O)[O-])c(F)c1. The van der Waals surface area contributed by atoms with E-state index in [1.54, 1.807) is 6.07 Å². The van der Waals surface area contributed by atoms with Crippen molar-refractivity contribution in [2.45, 2.75) is 6.92 Å². The number of nitrogens with one attached hydrogen (secondary N) is 1. The van der Waals surface area contributed by atoms with Crippen molar-refractivity contribution in [1.29, 1.82) is 0 Å². The molecule has 0 aliphatic heterocycles. The van der Waals surface area contributed by atoms with E-state index in [0.29, 0.717) is 5.69 Å². The Bertz CT molecular complexity index is 734. The number of halogens is 2. The first-order valence-corrected chi connectivity index (χ1v) is 6.69. The smallest absolute Gasteiger partial charge is 0.304 e. The molecule has 0 heterocycles. The number of anilines is 1. The number of nitro benzene ring substituents is 1. The van der Waals surface area contributed by atoms with Gasteiger partial charge in [-0.1, -0.05) is 22.0 Å². The first-order chi connectivity index (χ1) is 9.88. The molecule has 0 atom stereocenters. The highest BCUT2D eigenvalue weighted by molar-refractivity contribution is 9.10. The first-order valence-electron chi connectivity index (χ1n) is 5.90. The van der Waals surface area contributed by atoms with Crippen LogP contribution in [-0.4, -0.2) is 10.8 Å². The van der Waals surface area contributed by atoms with Gasteiger partial charge in [-0.15, -0.1) is 0 Å². The summed E-state index contributed by atoms with van der Waals surface area (Å²) in [6, 6.07) is 8.39. The lowest BCUT2D eigenvalue weighted by Crippen LogP contribution is -2.13. The molecule has 0 unspecified atom stereocenters. The van der Waals surface area contributed by atoms with Crippen molar-refractivity contribution in [2.24, 2.45) is 0 Å². The summed E-state index contributed by atoms with van der Waals surface area (Å²) in [5, 5.41) is 13.2. The Hall–Kier alpha value is -2.28. The molecule has 5 nitrogen and oxygen atoms in total. The van der Waals surface area contributed by atoms with Gasteiger partial charge in [0.15, 0.2) is 0 Å². The van der Waals surface area contributed by atoms with Crippen LogP contribution in [0.25, 0.3) is 0 Å². The molecule has 1 amide bonds. The lowest BCUT2D eigenvalue weighted by Gasteiger charge is -2.09. The van der Waals surface area contributed by atoms with Crippen LogP contribution in [0.15, 0.2) is 40.9 Å². The Morgan fingerprint density at radius 3 is 2.62 bits per heavy atom. The van der Waals surface area contributed by atoms with E-state index < -0.39 is 22.3 Å². The van der Waals surface area contributed by atoms with Crippen LogP contribution in [0.5, 0.6) is 0 Å². The first kappa shape index (κ1) is 15.1. The lowest BCUT2D eigenvalue weighted by molar-refractivity contribution is -0.387. The second kappa shape index (κ2) is 6.01. The van der Waals surface area contributed by atoms with Crippen LogP contribution in [0.3, 0.4) is 0 Å². The Morgan fingerprint density at radius 1 is 1.29 bits per heavy atom. The summed E-state index contributed by atoms with van der Waals surface area (Å²) < 4.78 is 14.3. The molecule has 0 bridgehead atoms. The third kappa shape index (κ3) is 3.43. The summed E-state index contributed by atoms with van der Waals surface area (Å²) in [6.07, 6.45) is 0. The van der Waals surface area contributed by atoms with Crippen molar-refractivity contribution in [1.82, 2.24) is 0 Å². The molecule has 0 aliphatic carbocycles.